The number of anilines is 1. The van der Waals surface area contributed by atoms with Crippen molar-refractivity contribution in [2.75, 3.05) is 5.73 Å². The van der Waals surface area contributed by atoms with Gasteiger partial charge in [-0.3, -0.25) is 0 Å². The molecule has 0 saturated carbocycles. The summed E-state index contributed by atoms with van der Waals surface area (Å²) in [5.41, 5.74) is 3.21. The molecule has 19 heavy (non-hydrogen) atoms. The predicted molar refractivity (Wildman–Crippen MR) is 61.2 cm³/mol. The summed E-state index contributed by atoms with van der Waals surface area (Å²) in [4.78, 5) is 0. The number of hydrogen-bond acceptors (Lipinski definition) is 1. The molecule has 0 saturated heterocycles. The van der Waals surface area contributed by atoms with E-state index in [2.05, 4.69) is 0 Å². The Morgan fingerprint density at radius 2 is 1.53 bits per heavy atom. The molecule has 6 heteroatoms. The first-order valence-corrected chi connectivity index (χ1v) is 5.22. The van der Waals surface area contributed by atoms with Gasteiger partial charge in [-0.15, -0.1) is 0 Å². The van der Waals surface area contributed by atoms with E-state index in [0.717, 1.165) is 18.2 Å². The highest BCUT2D eigenvalue weighted by atomic mass is 19.4. The zero-order valence-electron chi connectivity index (χ0n) is 9.43. The van der Waals surface area contributed by atoms with Crippen LogP contribution in [0.2, 0.25) is 0 Å². The summed E-state index contributed by atoms with van der Waals surface area (Å²) in [6, 6.07) is 5.79. The lowest BCUT2D eigenvalue weighted by Gasteiger charge is -2.14. The second kappa shape index (κ2) is 4.53. The molecule has 0 bridgehead atoms. The molecular weight excluding hydrogens is 265 g/mol. The molecule has 0 aliphatic heterocycles. The van der Waals surface area contributed by atoms with Crippen molar-refractivity contribution >= 4 is 5.69 Å². The molecule has 0 atom stereocenters. The molecule has 0 spiro atoms. The first kappa shape index (κ1) is 13.3. The molecule has 0 fully saturated rings. The minimum absolute atomic E-state index is 0.314. The first-order chi connectivity index (χ1) is 8.80. The third-order valence-corrected chi connectivity index (χ3v) is 2.62. The van der Waals surface area contributed by atoms with E-state index in [1.165, 1.54) is 12.1 Å². The van der Waals surface area contributed by atoms with Crippen LogP contribution in [0, 0.1) is 11.6 Å². The summed E-state index contributed by atoms with van der Waals surface area (Å²) >= 11 is 0. The molecule has 0 heterocycles. The van der Waals surface area contributed by atoms with Crippen LogP contribution in [0.1, 0.15) is 5.56 Å². The van der Waals surface area contributed by atoms with Crippen molar-refractivity contribution in [1.82, 2.24) is 0 Å². The van der Waals surface area contributed by atoms with Crippen molar-refractivity contribution in [2.24, 2.45) is 0 Å². The molecule has 0 unspecified atom stereocenters. The van der Waals surface area contributed by atoms with Gasteiger partial charge in [0.25, 0.3) is 0 Å². The van der Waals surface area contributed by atoms with Crippen LogP contribution in [-0.2, 0) is 6.18 Å². The van der Waals surface area contributed by atoms with Gasteiger partial charge in [-0.1, -0.05) is 18.2 Å². The van der Waals surface area contributed by atoms with Crippen molar-refractivity contribution in [3.8, 4) is 11.1 Å². The predicted octanol–water partition coefficient (Wildman–Crippen LogP) is 4.23. The molecule has 2 N–H and O–H groups in total. The van der Waals surface area contributed by atoms with Crippen LogP contribution in [-0.4, -0.2) is 0 Å². The van der Waals surface area contributed by atoms with E-state index in [4.69, 9.17) is 5.73 Å². The number of hydrogen-bond donors (Lipinski definition) is 1. The molecule has 0 aromatic heterocycles. The van der Waals surface area contributed by atoms with Crippen molar-refractivity contribution in [3.63, 3.8) is 0 Å². The topological polar surface area (TPSA) is 26.0 Å². The maximum atomic E-state index is 13.3. The Balaban J connectivity index is 2.73. The highest BCUT2D eigenvalue weighted by Gasteiger charge is 2.34. The Labute approximate surface area is 105 Å². The molecule has 2 aromatic carbocycles. The lowest BCUT2D eigenvalue weighted by molar-refractivity contribution is -0.137. The largest absolute Gasteiger partial charge is 0.417 e. The van der Waals surface area contributed by atoms with E-state index in [-0.39, 0.29) is 11.1 Å². The van der Waals surface area contributed by atoms with Gasteiger partial charge in [0.1, 0.15) is 11.6 Å². The van der Waals surface area contributed by atoms with Crippen LogP contribution in [0.3, 0.4) is 0 Å². The van der Waals surface area contributed by atoms with Crippen LogP contribution >= 0.6 is 0 Å². The van der Waals surface area contributed by atoms with Gasteiger partial charge in [0, 0.05) is 11.6 Å². The summed E-state index contributed by atoms with van der Waals surface area (Å²) in [6.07, 6.45) is -4.63. The number of rotatable bonds is 1. The number of nitrogens with two attached hydrogens (primary N) is 1. The minimum Gasteiger partial charge on any atom is -0.396 e. The lowest BCUT2D eigenvalue weighted by atomic mass is 9.97. The number of alkyl halides is 3. The van der Waals surface area contributed by atoms with E-state index in [1.54, 1.807) is 0 Å². The van der Waals surface area contributed by atoms with Crippen LogP contribution in [0.25, 0.3) is 11.1 Å². The Kier molecular flexibility index (Phi) is 3.18. The maximum Gasteiger partial charge on any atom is 0.417 e. The van der Waals surface area contributed by atoms with Gasteiger partial charge in [0.05, 0.1) is 11.3 Å². The summed E-state index contributed by atoms with van der Waals surface area (Å²) in [5.74, 6) is -2.08. The highest BCUT2D eigenvalue weighted by molar-refractivity contribution is 5.79. The van der Waals surface area contributed by atoms with Crippen molar-refractivity contribution in [2.45, 2.75) is 6.18 Å². The van der Waals surface area contributed by atoms with Gasteiger partial charge in [-0.25, -0.2) is 8.78 Å². The SMILES string of the molecule is Nc1c(F)cc(F)cc1-c1ccccc1C(F)(F)F. The van der Waals surface area contributed by atoms with E-state index >= 15 is 0 Å². The third-order valence-electron chi connectivity index (χ3n) is 2.62. The van der Waals surface area contributed by atoms with Gasteiger partial charge in [-0.2, -0.15) is 13.2 Å². The highest BCUT2D eigenvalue weighted by Crippen LogP contribution is 2.39. The summed E-state index contributed by atoms with van der Waals surface area (Å²) in [6.45, 7) is 0. The summed E-state index contributed by atoms with van der Waals surface area (Å²) in [7, 11) is 0. The fourth-order valence-electron chi connectivity index (χ4n) is 1.77. The lowest BCUT2D eigenvalue weighted by Crippen LogP contribution is -2.08. The smallest absolute Gasteiger partial charge is 0.396 e. The van der Waals surface area contributed by atoms with Gasteiger partial charge in [0.15, 0.2) is 0 Å². The number of benzene rings is 2. The molecule has 0 radical (unpaired) electrons. The Hall–Kier alpha value is -2.11. The van der Waals surface area contributed by atoms with Gasteiger partial charge < -0.3 is 5.73 Å². The summed E-state index contributed by atoms with van der Waals surface area (Å²) in [5, 5.41) is 0. The third kappa shape index (κ3) is 2.52. The van der Waals surface area contributed by atoms with Crippen LogP contribution in [0.4, 0.5) is 27.6 Å². The zero-order valence-corrected chi connectivity index (χ0v) is 9.43. The van der Waals surface area contributed by atoms with Gasteiger partial charge in [-0.05, 0) is 17.7 Å². The van der Waals surface area contributed by atoms with Crippen molar-refractivity contribution in [1.29, 1.82) is 0 Å². The van der Waals surface area contributed by atoms with Crippen molar-refractivity contribution in [3.05, 3.63) is 53.6 Å². The molecule has 2 rings (SSSR count). The van der Waals surface area contributed by atoms with Crippen molar-refractivity contribution < 1.29 is 22.0 Å². The van der Waals surface area contributed by atoms with Crippen LogP contribution in [0.15, 0.2) is 36.4 Å². The fourth-order valence-corrected chi connectivity index (χ4v) is 1.77. The van der Waals surface area contributed by atoms with E-state index in [1.807, 2.05) is 0 Å². The maximum absolute atomic E-state index is 13.3. The molecule has 100 valence electrons. The number of halogens is 5. The normalized spacial score (nSPS) is 11.6. The Morgan fingerprint density at radius 3 is 2.16 bits per heavy atom. The van der Waals surface area contributed by atoms with Crippen LogP contribution < -0.4 is 5.73 Å². The average molecular weight is 273 g/mol. The first-order valence-electron chi connectivity index (χ1n) is 5.22. The molecule has 1 nitrogen and oxygen atoms in total. The van der Waals surface area contributed by atoms with Gasteiger partial charge in [0.2, 0.25) is 0 Å². The number of nitrogen functional groups attached to an aromatic ring is 1. The van der Waals surface area contributed by atoms with Gasteiger partial charge >= 0.3 is 6.18 Å². The molecule has 0 aliphatic carbocycles. The fraction of sp³-hybridized carbons (Fsp3) is 0.0769. The Bertz CT molecular complexity index is 619. The monoisotopic (exact) mass is 273 g/mol. The molecule has 2 aromatic rings. The molecular formula is C13H8F5N. The van der Waals surface area contributed by atoms with Crippen LogP contribution in [0.5, 0.6) is 0 Å². The molecule has 0 amide bonds. The second-order valence-electron chi connectivity index (χ2n) is 3.89. The second-order valence-corrected chi connectivity index (χ2v) is 3.89. The standard InChI is InChI=1S/C13H8F5N/c14-7-5-9(12(19)11(15)6-7)8-3-1-2-4-10(8)13(16,17)18/h1-6H,19H2. The van der Waals surface area contributed by atoms with E-state index in [9.17, 15) is 22.0 Å². The van der Waals surface area contributed by atoms with E-state index in [0.29, 0.717) is 6.07 Å². The summed E-state index contributed by atoms with van der Waals surface area (Å²) < 4.78 is 65.0. The quantitative estimate of drug-likeness (QED) is 0.610. The zero-order chi connectivity index (χ0) is 14.2. The Morgan fingerprint density at radius 1 is 0.895 bits per heavy atom. The molecule has 0 aliphatic rings. The minimum atomic E-state index is -4.63. The average Bonchev–Trinajstić information content (AvgIpc) is 2.33. The van der Waals surface area contributed by atoms with E-state index < -0.39 is 29.1 Å².